The van der Waals surface area contributed by atoms with Crippen LogP contribution in [0.3, 0.4) is 0 Å². The van der Waals surface area contributed by atoms with Crippen LogP contribution in [0.1, 0.15) is 18.6 Å². The van der Waals surface area contributed by atoms with Crippen LogP contribution in [0.25, 0.3) is 0 Å². The van der Waals surface area contributed by atoms with Crippen molar-refractivity contribution in [2.45, 2.75) is 25.3 Å². The minimum atomic E-state index is -4.83. The molecule has 6 nitrogen and oxygen atoms in total. The second-order valence-electron chi connectivity index (χ2n) is 4.02. The Morgan fingerprint density at radius 2 is 2.00 bits per heavy atom. The summed E-state index contributed by atoms with van der Waals surface area (Å²) in [4.78, 5) is 9.87. The number of non-ortho nitro benzene ring substituents is 1. The third-order valence-corrected chi connectivity index (χ3v) is 2.43. The van der Waals surface area contributed by atoms with Crippen LogP contribution in [0.5, 0.6) is 5.75 Å². The van der Waals surface area contributed by atoms with Crippen LogP contribution in [0.15, 0.2) is 18.2 Å². The lowest BCUT2D eigenvalue weighted by molar-refractivity contribution is -0.385. The summed E-state index contributed by atoms with van der Waals surface area (Å²) < 4.78 is 41.1. The molecule has 112 valence electrons. The van der Waals surface area contributed by atoms with Crippen molar-refractivity contribution < 1.29 is 33.0 Å². The zero-order valence-electron chi connectivity index (χ0n) is 10.3. The highest BCUT2D eigenvalue weighted by molar-refractivity contribution is 5.44. The molecule has 1 aromatic carbocycles. The van der Waals surface area contributed by atoms with E-state index >= 15 is 0 Å². The first-order valence-corrected chi connectivity index (χ1v) is 5.47. The number of hydrogen-bond acceptors (Lipinski definition) is 5. The van der Waals surface area contributed by atoms with Gasteiger partial charge in [-0.05, 0) is 13.0 Å². The Morgan fingerprint density at radius 1 is 1.40 bits per heavy atom. The summed E-state index contributed by atoms with van der Waals surface area (Å²) in [5.41, 5.74) is -0.363. The molecule has 0 radical (unpaired) electrons. The Bertz CT molecular complexity index is 489. The number of nitro benzene ring substituents is 1. The van der Waals surface area contributed by atoms with Crippen molar-refractivity contribution in [3.05, 3.63) is 33.9 Å². The molecule has 9 heteroatoms. The van der Waals surface area contributed by atoms with Crippen molar-refractivity contribution in [1.82, 2.24) is 0 Å². The van der Waals surface area contributed by atoms with E-state index in [0.717, 1.165) is 18.2 Å². The Kier molecular flexibility index (Phi) is 4.90. The lowest BCUT2D eigenvalue weighted by atomic mass is 10.1. The minimum Gasteiger partial charge on any atom is -0.490 e. The third kappa shape index (κ3) is 4.07. The van der Waals surface area contributed by atoms with Crippen LogP contribution in [-0.4, -0.2) is 34.0 Å². The number of alkyl halides is 3. The van der Waals surface area contributed by atoms with Gasteiger partial charge < -0.3 is 14.9 Å². The molecule has 0 aliphatic rings. The van der Waals surface area contributed by atoms with Gasteiger partial charge in [-0.1, -0.05) is 0 Å². The molecule has 0 saturated heterocycles. The molecule has 0 bridgehead atoms. The van der Waals surface area contributed by atoms with Gasteiger partial charge in [-0.2, -0.15) is 13.2 Å². The molecule has 20 heavy (non-hydrogen) atoms. The maximum Gasteiger partial charge on any atom is 0.417 e. The van der Waals surface area contributed by atoms with Gasteiger partial charge in [-0.3, -0.25) is 10.1 Å². The predicted octanol–water partition coefficient (Wildman–Crippen LogP) is 1.95. The highest BCUT2D eigenvalue weighted by atomic mass is 19.4. The van der Waals surface area contributed by atoms with Crippen molar-refractivity contribution in [2.75, 3.05) is 6.61 Å². The van der Waals surface area contributed by atoms with E-state index in [4.69, 9.17) is 9.84 Å². The van der Waals surface area contributed by atoms with Crippen molar-refractivity contribution in [3.8, 4) is 5.75 Å². The molecule has 0 aliphatic carbocycles. The monoisotopic (exact) mass is 295 g/mol. The highest BCUT2D eigenvalue weighted by Gasteiger charge is 2.38. The second kappa shape index (κ2) is 6.06. The van der Waals surface area contributed by atoms with E-state index in [-0.39, 0.29) is 17.0 Å². The Hall–Kier alpha value is -1.87. The third-order valence-electron chi connectivity index (χ3n) is 2.43. The van der Waals surface area contributed by atoms with Crippen molar-refractivity contribution in [3.63, 3.8) is 0 Å². The number of nitrogens with zero attached hydrogens (tertiary/aromatic N) is 1. The zero-order chi connectivity index (χ0) is 15.5. The molecule has 1 unspecified atom stereocenters. The molecule has 0 fully saturated rings. The molecular formula is C11H12F3NO5. The average molecular weight is 295 g/mol. The average Bonchev–Trinajstić information content (AvgIpc) is 2.34. The van der Waals surface area contributed by atoms with Crippen LogP contribution in [0.2, 0.25) is 0 Å². The SMILES string of the molecule is C[C@@H](O)c1cc([N+](=O)[O-])ccc1OCC(O)C(F)(F)F. The highest BCUT2D eigenvalue weighted by Crippen LogP contribution is 2.30. The summed E-state index contributed by atoms with van der Waals surface area (Å²) in [6, 6.07) is 3.10. The molecular weight excluding hydrogens is 283 g/mol. The maximum atomic E-state index is 12.1. The number of ether oxygens (including phenoxy) is 1. The van der Waals surface area contributed by atoms with Crippen LogP contribution < -0.4 is 4.74 Å². The fourth-order valence-electron chi connectivity index (χ4n) is 1.37. The molecule has 0 aliphatic heterocycles. The van der Waals surface area contributed by atoms with Crippen molar-refractivity contribution in [2.24, 2.45) is 0 Å². The smallest absolute Gasteiger partial charge is 0.417 e. The molecule has 1 rings (SSSR count). The molecule has 0 saturated carbocycles. The van der Waals surface area contributed by atoms with E-state index < -0.39 is 29.9 Å². The minimum absolute atomic E-state index is 0.0337. The topological polar surface area (TPSA) is 92.8 Å². The number of hydrogen-bond donors (Lipinski definition) is 2. The van der Waals surface area contributed by atoms with E-state index in [0.29, 0.717) is 0 Å². The molecule has 0 amide bonds. The Morgan fingerprint density at radius 3 is 2.45 bits per heavy atom. The summed E-state index contributed by atoms with van der Waals surface area (Å²) >= 11 is 0. The summed E-state index contributed by atoms with van der Waals surface area (Å²) in [7, 11) is 0. The molecule has 0 spiro atoms. The summed E-state index contributed by atoms with van der Waals surface area (Å²) in [5.74, 6) is -0.158. The lowest BCUT2D eigenvalue weighted by Gasteiger charge is -2.17. The Balaban J connectivity index is 2.92. The van der Waals surface area contributed by atoms with Gasteiger partial charge in [0.1, 0.15) is 12.4 Å². The van der Waals surface area contributed by atoms with Crippen molar-refractivity contribution in [1.29, 1.82) is 0 Å². The first kappa shape index (κ1) is 16.2. The van der Waals surface area contributed by atoms with Gasteiger partial charge in [-0.25, -0.2) is 0 Å². The van der Waals surface area contributed by atoms with Gasteiger partial charge in [0.05, 0.1) is 11.0 Å². The first-order chi connectivity index (χ1) is 9.12. The van der Waals surface area contributed by atoms with Crippen LogP contribution in [-0.2, 0) is 0 Å². The van der Waals surface area contributed by atoms with E-state index in [2.05, 4.69) is 0 Å². The number of rotatable bonds is 5. The molecule has 2 atom stereocenters. The molecule has 0 heterocycles. The van der Waals surface area contributed by atoms with Gasteiger partial charge in [0.15, 0.2) is 6.10 Å². The van der Waals surface area contributed by atoms with Gasteiger partial charge in [0, 0.05) is 17.7 Å². The van der Waals surface area contributed by atoms with Crippen molar-refractivity contribution >= 4 is 5.69 Å². The van der Waals surface area contributed by atoms with Gasteiger partial charge >= 0.3 is 6.18 Å². The normalized spacial score (nSPS) is 14.7. The number of halogens is 3. The number of aliphatic hydroxyl groups is 2. The molecule has 1 aromatic rings. The van der Waals surface area contributed by atoms with Gasteiger partial charge in [-0.15, -0.1) is 0 Å². The summed E-state index contributed by atoms with van der Waals surface area (Å²) in [5, 5.41) is 28.8. The quantitative estimate of drug-likeness (QED) is 0.639. The maximum absolute atomic E-state index is 12.1. The summed E-state index contributed by atoms with van der Waals surface area (Å²) in [6.45, 7) is 0.215. The van der Waals surface area contributed by atoms with E-state index in [1.165, 1.54) is 6.92 Å². The predicted molar refractivity (Wildman–Crippen MR) is 61.3 cm³/mol. The standard InChI is InChI=1S/C11H12F3NO5/c1-6(16)8-4-7(15(18)19)2-3-9(8)20-5-10(17)11(12,13)14/h2-4,6,10,16-17H,5H2,1H3/t6-,10?/m1/s1. The van der Waals surface area contributed by atoms with Gasteiger partial charge in [0.2, 0.25) is 0 Å². The molecule has 2 N–H and O–H groups in total. The van der Waals surface area contributed by atoms with Crippen LogP contribution in [0.4, 0.5) is 18.9 Å². The number of aliphatic hydroxyl groups excluding tert-OH is 2. The lowest BCUT2D eigenvalue weighted by Crippen LogP contribution is -2.34. The largest absolute Gasteiger partial charge is 0.490 e. The van der Waals surface area contributed by atoms with Crippen LogP contribution in [0, 0.1) is 10.1 Å². The second-order valence-corrected chi connectivity index (χ2v) is 4.02. The number of benzene rings is 1. The van der Waals surface area contributed by atoms with Crippen LogP contribution >= 0.6 is 0 Å². The fraction of sp³-hybridized carbons (Fsp3) is 0.455. The first-order valence-electron chi connectivity index (χ1n) is 5.47. The zero-order valence-corrected chi connectivity index (χ0v) is 10.3. The van der Waals surface area contributed by atoms with E-state index in [1.54, 1.807) is 0 Å². The Labute approximate surface area is 111 Å². The van der Waals surface area contributed by atoms with E-state index in [1.807, 2.05) is 0 Å². The molecule has 0 aromatic heterocycles. The summed E-state index contributed by atoms with van der Waals surface area (Å²) in [6.07, 6.45) is -8.68. The van der Waals surface area contributed by atoms with Gasteiger partial charge in [0.25, 0.3) is 5.69 Å². The van der Waals surface area contributed by atoms with E-state index in [9.17, 15) is 28.4 Å². The number of nitro groups is 1. The fourth-order valence-corrected chi connectivity index (χ4v) is 1.37.